The van der Waals surface area contributed by atoms with Gasteiger partial charge in [0.25, 0.3) is 5.56 Å². The van der Waals surface area contributed by atoms with E-state index >= 15 is 0 Å². The van der Waals surface area contributed by atoms with E-state index in [0.717, 1.165) is 4.68 Å². The number of aryl methyl sites for hydroxylation is 1. The molecule has 0 atom stereocenters. The van der Waals surface area contributed by atoms with Gasteiger partial charge in [-0.25, -0.2) is 13.9 Å². The Morgan fingerprint density at radius 1 is 1.40 bits per heavy atom. The molecule has 0 radical (unpaired) electrons. The number of nitrogens with zero attached hydrogens (tertiary/aromatic N) is 2. The summed E-state index contributed by atoms with van der Waals surface area (Å²) in [6.07, 6.45) is 0. The topological polar surface area (TPSA) is 61.2 Å². The highest BCUT2D eigenvalue weighted by atomic mass is 79.9. The number of halogens is 2. The standard InChI is InChI=1S/C13H10BrFN2O3/c1-17-12(18)5-4-11(16-17)13(19)20-7-8-2-3-9(15)6-10(8)14/h2-6H,7H2,1H3. The van der Waals surface area contributed by atoms with E-state index in [1.165, 1.54) is 37.4 Å². The molecule has 0 aliphatic carbocycles. The SMILES string of the molecule is Cn1nc(C(=O)OCc2ccc(F)cc2Br)ccc1=O. The Hall–Kier alpha value is -2.02. The summed E-state index contributed by atoms with van der Waals surface area (Å²) >= 11 is 3.18. The van der Waals surface area contributed by atoms with Crippen LogP contribution in [0.1, 0.15) is 16.1 Å². The van der Waals surface area contributed by atoms with Gasteiger partial charge in [-0.3, -0.25) is 4.79 Å². The number of rotatable bonds is 3. The van der Waals surface area contributed by atoms with E-state index in [9.17, 15) is 14.0 Å². The first-order valence-electron chi connectivity index (χ1n) is 5.63. The summed E-state index contributed by atoms with van der Waals surface area (Å²) in [5.41, 5.74) is 0.345. The van der Waals surface area contributed by atoms with Crippen LogP contribution in [0.5, 0.6) is 0 Å². The first kappa shape index (κ1) is 14.4. The predicted molar refractivity (Wildman–Crippen MR) is 72.7 cm³/mol. The molecule has 0 fully saturated rings. The Morgan fingerprint density at radius 2 is 2.15 bits per heavy atom. The molecule has 0 spiro atoms. The minimum Gasteiger partial charge on any atom is -0.456 e. The summed E-state index contributed by atoms with van der Waals surface area (Å²) in [5.74, 6) is -1.04. The molecular weight excluding hydrogens is 331 g/mol. The van der Waals surface area contributed by atoms with Crippen LogP contribution in [-0.2, 0) is 18.4 Å². The molecule has 0 amide bonds. The quantitative estimate of drug-likeness (QED) is 0.802. The molecular formula is C13H10BrFN2O3. The fraction of sp³-hybridized carbons (Fsp3) is 0.154. The molecule has 1 heterocycles. The van der Waals surface area contributed by atoms with Gasteiger partial charge in [-0.15, -0.1) is 0 Å². The highest BCUT2D eigenvalue weighted by molar-refractivity contribution is 9.10. The van der Waals surface area contributed by atoms with Crippen molar-refractivity contribution < 1.29 is 13.9 Å². The molecule has 104 valence electrons. The van der Waals surface area contributed by atoms with E-state index in [4.69, 9.17) is 4.74 Å². The monoisotopic (exact) mass is 340 g/mol. The van der Waals surface area contributed by atoms with E-state index in [2.05, 4.69) is 21.0 Å². The largest absolute Gasteiger partial charge is 0.456 e. The Balaban J connectivity index is 2.08. The van der Waals surface area contributed by atoms with Crippen molar-refractivity contribution in [2.45, 2.75) is 6.61 Å². The third-order valence-electron chi connectivity index (χ3n) is 2.54. The van der Waals surface area contributed by atoms with Gasteiger partial charge in [0.05, 0.1) is 0 Å². The van der Waals surface area contributed by atoms with Gasteiger partial charge < -0.3 is 4.74 Å². The summed E-state index contributed by atoms with van der Waals surface area (Å²) in [7, 11) is 1.44. The lowest BCUT2D eigenvalue weighted by Gasteiger charge is -2.07. The van der Waals surface area contributed by atoms with Crippen LogP contribution in [0.2, 0.25) is 0 Å². The van der Waals surface area contributed by atoms with Gasteiger partial charge in [-0.2, -0.15) is 5.10 Å². The number of hydrogen-bond acceptors (Lipinski definition) is 4. The lowest BCUT2D eigenvalue weighted by Crippen LogP contribution is -2.21. The third-order valence-corrected chi connectivity index (χ3v) is 3.28. The summed E-state index contributed by atoms with van der Waals surface area (Å²) in [5, 5.41) is 3.78. The van der Waals surface area contributed by atoms with Crippen molar-refractivity contribution >= 4 is 21.9 Å². The molecule has 0 aliphatic heterocycles. The Kier molecular flexibility index (Phi) is 4.29. The minimum absolute atomic E-state index is 0.0236. The summed E-state index contributed by atoms with van der Waals surface area (Å²) in [6, 6.07) is 6.61. The highest BCUT2D eigenvalue weighted by Crippen LogP contribution is 2.19. The second kappa shape index (κ2) is 5.96. The van der Waals surface area contributed by atoms with Crippen molar-refractivity contribution in [1.29, 1.82) is 0 Å². The average Bonchev–Trinajstić information content (AvgIpc) is 2.40. The summed E-state index contributed by atoms with van der Waals surface area (Å²) in [4.78, 5) is 22.9. The maximum absolute atomic E-state index is 12.9. The van der Waals surface area contributed by atoms with Crippen molar-refractivity contribution in [3.8, 4) is 0 Å². The van der Waals surface area contributed by atoms with E-state index in [0.29, 0.717) is 10.0 Å². The molecule has 0 saturated carbocycles. The van der Waals surface area contributed by atoms with E-state index in [1.54, 1.807) is 0 Å². The maximum Gasteiger partial charge on any atom is 0.359 e. The smallest absolute Gasteiger partial charge is 0.359 e. The van der Waals surface area contributed by atoms with Crippen molar-refractivity contribution in [2.24, 2.45) is 7.05 Å². The number of carbonyl (C=O) groups is 1. The van der Waals surface area contributed by atoms with Crippen LogP contribution in [-0.4, -0.2) is 15.7 Å². The molecule has 7 heteroatoms. The third kappa shape index (κ3) is 3.30. The number of esters is 1. The second-order valence-electron chi connectivity index (χ2n) is 3.99. The molecule has 1 aromatic heterocycles. The van der Waals surface area contributed by atoms with Crippen LogP contribution in [0.4, 0.5) is 4.39 Å². The lowest BCUT2D eigenvalue weighted by molar-refractivity contribution is 0.0462. The second-order valence-corrected chi connectivity index (χ2v) is 4.85. The molecule has 20 heavy (non-hydrogen) atoms. The number of ether oxygens (including phenoxy) is 1. The molecule has 5 nitrogen and oxygen atoms in total. The van der Waals surface area contributed by atoms with Gasteiger partial charge in [-0.1, -0.05) is 22.0 Å². The van der Waals surface area contributed by atoms with E-state index in [1.807, 2.05) is 0 Å². The van der Waals surface area contributed by atoms with Crippen LogP contribution in [0.3, 0.4) is 0 Å². The minimum atomic E-state index is -0.656. The molecule has 0 bridgehead atoms. The average molecular weight is 341 g/mol. The van der Waals surface area contributed by atoms with Gasteiger partial charge in [0, 0.05) is 23.2 Å². The zero-order valence-electron chi connectivity index (χ0n) is 10.5. The molecule has 0 unspecified atom stereocenters. The first-order valence-corrected chi connectivity index (χ1v) is 6.42. The van der Waals surface area contributed by atoms with Crippen LogP contribution in [0.15, 0.2) is 39.6 Å². The maximum atomic E-state index is 12.9. The number of hydrogen-bond donors (Lipinski definition) is 0. The highest BCUT2D eigenvalue weighted by Gasteiger charge is 2.11. The molecule has 0 aliphatic rings. The van der Waals surface area contributed by atoms with Crippen LogP contribution in [0.25, 0.3) is 0 Å². The predicted octanol–water partition coefficient (Wildman–Crippen LogP) is 2.04. The van der Waals surface area contributed by atoms with E-state index < -0.39 is 5.97 Å². The Labute approximate surface area is 122 Å². The normalized spacial score (nSPS) is 10.3. The Bertz CT molecular complexity index is 715. The number of aromatic nitrogens is 2. The molecule has 2 rings (SSSR count). The van der Waals surface area contributed by atoms with Gasteiger partial charge in [0.2, 0.25) is 0 Å². The molecule has 0 saturated heterocycles. The summed E-state index contributed by atoms with van der Waals surface area (Å²) in [6.45, 7) is -0.0236. The molecule has 1 aromatic carbocycles. The fourth-order valence-corrected chi connectivity index (χ4v) is 1.93. The summed E-state index contributed by atoms with van der Waals surface area (Å²) < 4.78 is 19.5. The van der Waals surface area contributed by atoms with Gasteiger partial charge in [0.1, 0.15) is 12.4 Å². The fourth-order valence-electron chi connectivity index (χ4n) is 1.47. The van der Waals surface area contributed by atoms with Crippen LogP contribution >= 0.6 is 15.9 Å². The molecule has 0 N–H and O–H groups in total. The van der Waals surface area contributed by atoms with Gasteiger partial charge in [0.15, 0.2) is 5.69 Å². The number of benzene rings is 1. The van der Waals surface area contributed by atoms with Crippen molar-refractivity contribution in [3.63, 3.8) is 0 Å². The van der Waals surface area contributed by atoms with Gasteiger partial charge in [-0.05, 0) is 18.2 Å². The van der Waals surface area contributed by atoms with Crippen LogP contribution in [0, 0.1) is 5.82 Å². The van der Waals surface area contributed by atoms with Crippen molar-refractivity contribution in [1.82, 2.24) is 9.78 Å². The zero-order chi connectivity index (χ0) is 14.7. The van der Waals surface area contributed by atoms with Crippen LogP contribution < -0.4 is 5.56 Å². The number of carbonyl (C=O) groups excluding carboxylic acids is 1. The van der Waals surface area contributed by atoms with E-state index in [-0.39, 0.29) is 23.7 Å². The lowest BCUT2D eigenvalue weighted by atomic mass is 10.2. The molecule has 2 aromatic rings. The Morgan fingerprint density at radius 3 is 2.80 bits per heavy atom. The van der Waals surface area contributed by atoms with Crippen molar-refractivity contribution in [2.75, 3.05) is 0 Å². The first-order chi connectivity index (χ1) is 9.47. The van der Waals surface area contributed by atoms with Gasteiger partial charge >= 0.3 is 5.97 Å². The van der Waals surface area contributed by atoms with Crippen molar-refractivity contribution in [3.05, 3.63) is 62.2 Å². The zero-order valence-corrected chi connectivity index (χ0v) is 12.1.